The molecule has 1 aromatic carbocycles. The van der Waals surface area contributed by atoms with E-state index < -0.39 is 43.5 Å². The maximum Gasteiger partial charge on any atom is 0.364 e. The highest BCUT2D eigenvalue weighted by Crippen LogP contribution is 2.30. The maximum absolute atomic E-state index is 12.4. The molecule has 1 aliphatic heterocycles. The van der Waals surface area contributed by atoms with E-state index in [0.29, 0.717) is 10.6 Å². The van der Waals surface area contributed by atoms with Gasteiger partial charge in [-0.25, -0.2) is 18.2 Å². The van der Waals surface area contributed by atoms with Gasteiger partial charge in [0.25, 0.3) is 11.4 Å². The number of amides is 1. The molecule has 0 N–H and O–H groups in total. The van der Waals surface area contributed by atoms with E-state index in [4.69, 9.17) is 14.3 Å². The van der Waals surface area contributed by atoms with Gasteiger partial charge < -0.3 is 14.4 Å². The molecule has 1 atom stereocenters. The number of nitrogens with zero attached hydrogens (tertiary/aromatic N) is 4. The van der Waals surface area contributed by atoms with Crippen molar-refractivity contribution in [3.05, 3.63) is 51.0 Å². The average molecular weight is 484 g/mol. The Morgan fingerprint density at radius 1 is 1.27 bits per heavy atom. The molecule has 14 heteroatoms. The van der Waals surface area contributed by atoms with Crippen LogP contribution in [-0.2, 0) is 24.2 Å². The zero-order valence-electron chi connectivity index (χ0n) is 18.9. The van der Waals surface area contributed by atoms with Crippen molar-refractivity contribution in [1.29, 1.82) is 0 Å². The number of carbonyl (C=O) groups is 2. The predicted octanol–water partition coefficient (Wildman–Crippen LogP) is 0.731. The smallest absolute Gasteiger partial charge is 0.364 e. The Bertz CT molecular complexity index is 1140. The zero-order valence-corrected chi connectivity index (χ0v) is 19.7. The molecule has 1 aromatic rings. The monoisotopic (exact) mass is 484 g/mol. The van der Waals surface area contributed by atoms with Crippen LogP contribution in [0.1, 0.15) is 22.8 Å². The summed E-state index contributed by atoms with van der Waals surface area (Å²) in [6.45, 7) is 3.01. The number of rotatable bonds is 8. The second kappa shape index (κ2) is 9.95. The minimum absolute atomic E-state index is 0.0334. The van der Waals surface area contributed by atoms with Crippen molar-refractivity contribution >= 4 is 27.4 Å². The summed E-state index contributed by atoms with van der Waals surface area (Å²) in [5.41, 5.74) is -2.88. The van der Waals surface area contributed by atoms with Crippen LogP contribution in [0.3, 0.4) is 0 Å². The Balaban J connectivity index is 2.75. The largest absolute Gasteiger partial charge is 0.461 e. The Labute approximate surface area is 190 Å². The predicted molar refractivity (Wildman–Crippen MR) is 115 cm³/mol. The molecular formula is C19H24N4O9S. The van der Waals surface area contributed by atoms with Crippen molar-refractivity contribution in [2.45, 2.75) is 19.3 Å². The molecule has 0 aromatic heterocycles. The van der Waals surface area contributed by atoms with Crippen LogP contribution in [0.25, 0.3) is 0 Å². The quantitative estimate of drug-likeness (QED) is 0.292. The maximum atomic E-state index is 12.4. The van der Waals surface area contributed by atoms with Crippen molar-refractivity contribution in [1.82, 2.24) is 9.96 Å². The number of hydrogen-bond acceptors (Lipinski definition) is 11. The van der Waals surface area contributed by atoms with Gasteiger partial charge in [-0.2, -0.15) is 5.06 Å². The third kappa shape index (κ3) is 5.64. The molecule has 1 unspecified atom stereocenters. The second-order valence-corrected chi connectivity index (χ2v) is 9.19. The first-order chi connectivity index (χ1) is 15.3. The van der Waals surface area contributed by atoms with Gasteiger partial charge >= 0.3 is 17.5 Å². The number of ether oxygens (including phenoxy) is 2. The molecule has 1 aliphatic rings. The van der Waals surface area contributed by atoms with Gasteiger partial charge in [0, 0.05) is 25.9 Å². The van der Waals surface area contributed by atoms with Crippen LogP contribution in [0.4, 0.5) is 0 Å². The van der Waals surface area contributed by atoms with E-state index in [-0.39, 0.29) is 23.8 Å². The van der Waals surface area contributed by atoms with Crippen LogP contribution in [0, 0.1) is 17.0 Å². The molecule has 180 valence electrons. The number of nitro groups is 1. The van der Waals surface area contributed by atoms with Crippen molar-refractivity contribution < 1.29 is 37.2 Å². The zero-order chi connectivity index (χ0) is 25.1. The summed E-state index contributed by atoms with van der Waals surface area (Å²) < 4.78 is 35.2. The fraction of sp³-hybridized carbons (Fsp3) is 0.421. The van der Waals surface area contributed by atoms with Crippen LogP contribution in [0.15, 0.2) is 34.8 Å². The van der Waals surface area contributed by atoms with Crippen LogP contribution in [-0.4, -0.2) is 80.5 Å². The van der Waals surface area contributed by atoms with Crippen molar-refractivity contribution in [3.8, 4) is 5.75 Å². The summed E-state index contributed by atoms with van der Waals surface area (Å²) in [7, 11) is 0.0746. The Kier molecular flexibility index (Phi) is 7.76. The minimum Gasteiger partial charge on any atom is -0.461 e. The van der Waals surface area contributed by atoms with Crippen LogP contribution in [0.5, 0.6) is 5.75 Å². The van der Waals surface area contributed by atoms with Crippen LogP contribution >= 0.6 is 0 Å². The van der Waals surface area contributed by atoms with E-state index in [0.717, 1.165) is 13.4 Å². The van der Waals surface area contributed by atoms with Gasteiger partial charge in [-0.3, -0.25) is 19.7 Å². The summed E-state index contributed by atoms with van der Waals surface area (Å²) in [5, 5.41) is 12.5. The van der Waals surface area contributed by atoms with E-state index in [1.807, 2.05) is 0 Å². The fourth-order valence-electron chi connectivity index (χ4n) is 2.88. The van der Waals surface area contributed by atoms with E-state index >= 15 is 0 Å². The SMILES string of the molecule is CCOC(=O)C1=NC(S(C)(=O)=O)N(OC)C(Oc2cc(C)cc(C(=O)N(C)C)c2)=C1[N+](=O)[O-]. The molecule has 0 bridgehead atoms. The summed E-state index contributed by atoms with van der Waals surface area (Å²) in [6, 6.07) is 4.37. The third-order valence-electron chi connectivity index (χ3n) is 4.22. The molecule has 0 spiro atoms. The number of hydroxylamine groups is 2. The molecule has 13 nitrogen and oxygen atoms in total. The van der Waals surface area contributed by atoms with Gasteiger partial charge in [0.05, 0.1) is 18.6 Å². The van der Waals surface area contributed by atoms with Gasteiger partial charge in [0.1, 0.15) is 5.75 Å². The number of sulfone groups is 1. The number of esters is 1. The lowest BCUT2D eigenvalue weighted by Gasteiger charge is -2.31. The third-order valence-corrected chi connectivity index (χ3v) is 5.28. The molecule has 33 heavy (non-hydrogen) atoms. The first-order valence-electron chi connectivity index (χ1n) is 9.49. The molecule has 0 radical (unpaired) electrons. The van der Waals surface area contributed by atoms with Crippen molar-refractivity contribution in [3.63, 3.8) is 0 Å². The highest BCUT2D eigenvalue weighted by atomic mass is 32.2. The minimum atomic E-state index is -4.08. The molecule has 0 aliphatic carbocycles. The summed E-state index contributed by atoms with van der Waals surface area (Å²) in [4.78, 5) is 45.8. The first-order valence-corrected chi connectivity index (χ1v) is 11.4. The molecule has 1 amide bonds. The summed E-state index contributed by atoms with van der Waals surface area (Å²) in [6.07, 6.45) is 0.811. The molecular weight excluding hydrogens is 460 g/mol. The van der Waals surface area contributed by atoms with E-state index in [1.54, 1.807) is 27.1 Å². The average Bonchev–Trinajstić information content (AvgIpc) is 2.70. The number of aliphatic imine (C=N–C) groups is 1. The topological polar surface area (TPSA) is 158 Å². The van der Waals surface area contributed by atoms with E-state index in [1.165, 1.54) is 24.0 Å². The van der Waals surface area contributed by atoms with Gasteiger partial charge in [0.15, 0.2) is 9.84 Å². The lowest BCUT2D eigenvalue weighted by Crippen LogP contribution is -2.47. The lowest BCUT2D eigenvalue weighted by molar-refractivity contribution is -0.421. The molecule has 1 heterocycles. The number of carbonyl (C=O) groups excluding carboxylic acids is 2. The van der Waals surface area contributed by atoms with Gasteiger partial charge in [-0.1, -0.05) is 0 Å². The molecule has 0 saturated heterocycles. The van der Waals surface area contributed by atoms with Crippen LogP contribution < -0.4 is 4.74 Å². The fourth-order valence-corrected chi connectivity index (χ4v) is 3.71. The highest BCUT2D eigenvalue weighted by molar-refractivity contribution is 7.91. The highest BCUT2D eigenvalue weighted by Gasteiger charge is 2.47. The van der Waals surface area contributed by atoms with Gasteiger partial charge in [-0.05, 0) is 37.6 Å². The molecule has 0 saturated carbocycles. The van der Waals surface area contributed by atoms with Crippen molar-refractivity contribution in [2.24, 2.45) is 4.99 Å². The lowest BCUT2D eigenvalue weighted by atomic mass is 10.1. The van der Waals surface area contributed by atoms with E-state index in [9.17, 15) is 28.1 Å². The summed E-state index contributed by atoms with van der Waals surface area (Å²) in [5.74, 6) is -2.32. The second-order valence-electron chi connectivity index (χ2n) is 7.11. The first kappa shape index (κ1) is 25.7. The molecule has 2 rings (SSSR count). The Hall–Kier alpha value is -3.52. The van der Waals surface area contributed by atoms with Gasteiger partial charge in [0.2, 0.25) is 5.71 Å². The normalized spacial score (nSPS) is 16.2. The van der Waals surface area contributed by atoms with Gasteiger partial charge in [-0.15, -0.1) is 0 Å². The van der Waals surface area contributed by atoms with E-state index in [2.05, 4.69) is 4.99 Å². The number of aryl methyl sites for hydroxylation is 1. The number of benzene rings is 1. The number of hydrogen-bond donors (Lipinski definition) is 0. The van der Waals surface area contributed by atoms with Crippen LogP contribution in [0.2, 0.25) is 0 Å². The summed E-state index contributed by atoms with van der Waals surface area (Å²) >= 11 is 0. The Morgan fingerprint density at radius 2 is 1.91 bits per heavy atom. The molecule has 0 fully saturated rings. The van der Waals surface area contributed by atoms with Crippen molar-refractivity contribution in [2.75, 3.05) is 34.1 Å². The Morgan fingerprint density at radius 3 is 2.39 bits per heavy atom. The standard InChI is InChI=1S/C19H24N4O9S/c1-7-31-18(25)14-15(23(26)27)17(22(30-5)19(20-14)33(6,28)29)32-13-9-11(2)8-12(10-13)16(24)21(3)4/h8-10,19H,7H2,1-6H3.